The summed E-state index contributed by atoms with van der Waals surface area (Å²) in [5.41, 5.74) is 5.40. The van der Waals surface area contributed by atoms with E-state index in [1.165, 1.54) is 11.1 Å². The molecule has 0 bridgehead atoms. The Labute approximate surface area is 102 Å². The number of aliphatic hydroxyl groups excluding tert-OH is 1. The summed E-state index contributed by atoms with van der Waals surface area (Å²) in [6.07, 6.45) is 6.27. The van der Waals surface area contributed by atoms with E-state index in [1.54, 1.807) is 12.5 Å². The van der Waals surface area contributed by atoms with E-state index in [0.717, 1.165) is 30.4 Å². The number of hydrogen-bond donors (Lipinski definition) is 1. The van der Waals surface area contributed by atoms with Crippen molar-refractivity contribution in [1.82, 2.24) is 0 Å². The third kappa shape index (κ3) is 1.66. The second kappa shape index (κ2) is 3.49. The van der Waals surface area contributed by atoms with Gasteiger partial charge in [0.25, 0.3) is 0 Å². The van der Waals surface area contributed by atoms with Crippen LogP contribution in [0.5, 0.6) is 0 Å². The minimum atomic E-state index is -0.377. The molecule has 0 amide bonds. The normalized spacial score (nSPS) is 31.1. The molecule has 0 radical (unpaired) electrons. The fourth-order valence-corrected chi connectivity index (χ4v) is 3.56. The van der Waals surface area contributed by atoms with Gasteiger partial charge in [0.15, 0.2) is 0 Å². The van der Waals surface area contributed by atoms with E-state index >= 15 is 0 Å². The van der Waals surface area contributed by atoms with Gasteiger partial charge in [0.05, 0.1) is 18.6 Å². The third-order valence-electron chi connectivity index (χ3n) is 4.37. The molecule has 1 N–H and O–H groups in total. The second-order valence-corrected chi connectivity index (χ2v) is 6.43. The van der Waals surface area contributed by atoms with Crippen LogP contribution in [0.3, 0.4) is 0 Å². The van der Waals surface area contributed by atoms with E-state index in [1.807, 2.05) is 0 Å². The summed E-state index contributed by atoms with van der Waals surface area (Å²) in [5.74, 6) is 0.295. The van der Waals surface area contributed by atoms with Crippen LogP contribution >= 0.6 is 0 Å². The van der Waals surface area contributed by atoms with Gasteiger partial charge in [-0.25, -0.2) is 0 Å². The van der Waals surface area contributed by atoms with E-state index in [2.05, 4.69) is 20.8 Å². The highest BCUT2D eigenvalue weighted by Gasteiger charge is 2.42. The van der Waals surface area contributed by atoms with Crippen molar-refractivity contribution in [2.24, 2.45) is 11.3 Å². The zero-order chi connectivity index (χ0) is 12.2. The molecular weight excluding hydrogens is 212 g/mol. The molecule has 2 nitrogen and oxygen atoms in total. The Kier molecular flexibility index (Phi) is 2.27. The van der Waals surface area contributed by atoms with Crippen molar-refractivity contribution in [3.05, 3.63) is 34.8 Å². The fraction of sp³-hybridized carbons (Fsp3) is 0.600. The average Bonchev–Trinajstić information content (AvgIpc) is 2.79. The van der Waals surface area contributed by atoms with Gasteiger partial charge >= 0.3 is 0 Å². The predicted octanol–water partition coefficient (Wildman–Crippen LogP) is 3.62. The third-order valence-corrected chi connectivity index (χ3v) is 4.37. The summed E-state index contributed by atoms with van der Waals surface area (Å²) in [7, 11) is 0. The van der Waals surface area contributed by atoms with Gasteiger partial charge in [-0.1, -0.05) is 25.0 Å². The van der Waals surface area contributed by atoms with Crippen LogP contribution in [0.4, 0.5) is 0 Å². The zero-order valence-electron chi connectivity index (χ0n) is 10.8. The van der Waals surface area contributed by atoms with Crippen molar-refractivity contribution >= 4 is 0 Å². The molecule has 2 aliphatic carbocycles. The lowest BCUT2D eigenvalue weighted by atomic mass is 9.87. The van der Waals surface area contributed by atoms with Gasteiger partial charge < -0.3 is 9.52 Å². The van der Waals surface area contributed by atoms with E-state index in [4.69, 9.17) is 4.42 Å². The first kappa shape index (κ1) is 11.1. The summed E-state index contributed by atoms with van der Waals surface area (Å²) in [4.78, 5) is 0. The average molecular weight is 232 g/mol. The van der Waals surface area contributed by atoms with Crippen LogP contribution in [0.2, 0.25) is 0 Å². The standard InChI is InChI=1S/C15H20O2/c1-9-4-10-7-17-8-13(10)14(16)12-6-15(2,3)5-11(9)12/h7-8,12,14,16H,4-6H2,1-3H3/t12-,14+/m0/s1. The number of aliphatic hydroxyl groups is 1. The van der Waals surface area contributed by atoms with E-state index in [0.29, 0.717) is 11.3 Å². The highest BCUT2D eigenvalue weighted by Crippen LogP contribution is 2.52. The number of fused-ring (bicyclic) bond motifs is 2. The molecule has 3 rings (SSSR count). The first-order valence-electron chi connectivity index (χ1n) is 6.39. The fourth-order valence-electron chi connectivity index (χ4n) is 3.56. The van der Waals surface area contributed by atoms with Crippen LogP contribution in [0.15, 0.2) is 28.1 Å². The van der Waals surface area contributed by atoms with E-state index in [9.17, 15) is 5.11 Å². The predicted molar refractivity (Wildman–Crippen MR) is 66.6 cm³/mol. The van der Waals surface area contributed by atoms with Crippen LogP contribution in [-0.2, 0) is 6.42 Å². The van der Waals surface area contributed by atoms with Crippen molar-refractivity contribution in [2.75, 3.05) is 0 Å². The summed E-state index contributed by atoms with van der Waals surface area (Å²) in [6, 6.07) is 0. The topological polar surface area (TPSA) is 33.4 Å². The maximum absolute atomic E-state index is 10.6. The Bertz CT molecular complexity index is 479. The van der Waals surface area contributed by atoms with Gasteiger partial charge in [-0.2, -0.15) is 0 Å². The number of rotatable bonds is 0. The Morgan fingerprint density at radius 2 is 2.12 bits per heavy atom. The molecule has 2 atom stereocenters. The van der Waals surface area contributed by atoms with Crippen molar-refractivity contribution in [3.8, 4) is 0 Å². The Hall–Kier alpha value is -1.02. The molecular formula is C15H20O2. The Morgan fingerprint density at radius 1 is 1.35 bits per heavy atom. The zero-order valence-corrected chi connectivity index (χ0v) is 10.8. The molecule has 1 aromatic heterocycles. The molecule has 0 aromatic carbocycles. The van der Waals surface area contributed by atoms with Crippen LogP contribution < -0.4 is 0 Å². The van der Waals surface area contributed by atoms with Crippen molar-refractivity contribution < 1.29 is 9.52 Å². The van der Waals surface area contributed by atoms with Gasteiger partial charge in [0, 0.05) is 17.0 Å². The highest BCUT2D eigenvalue weighted by molar-refractivity contribution is 5.38. The summed E-state index contributed by atoms with van der Waals surface area (Å²) in [5, 5.41) is 10.6. The highest BCUT2D eigenvalue weighted by atomic mass is 16.3. The molecule has 92 valence electrons. The molecule has 0 spiro atoms. The smallest absolute Gasteiger partial charge is 0.0963 e. The lowest BCUT2D eigenvalue weighted by Crippen LogP contribution is -2.12. The van der Waals surface area contributed by atoms with Crippen LogP contribution in [0.1, 0.15) is 50.8 Å². The van der Waals surface area contributed by atoms with Crippen molar-refractivity contribution in [1.29, 1.82) is 0 Å². The van der Waals surface area contributed by atoms with Crippen molar-refractivity contribution in [2.45, 2.75) is 46.1 Å². The molecule has 1 heterocycles. The first-order valence-corrected chi connectivity index (χ1v) is 6.39. The van der Waals surface area contributed by atoms with E-state index in [-0.39, 0.29) is 6.10 Å². The summed E-state index contributed by atoms with van der Waals surface area (Å²) >= 11 is 0. The minimum Gasteiger partial charge on any atom is -0.472 e. The Morgan fingerprint density at radius 3 is 2.88 bits per heavy atom. The Balaban J connectivity index is 2.08. The lowest BCUT2D eigenvalue weighted by molar-refractivity contribution is 0.118. The monoisotopic (exact) mass is 232 g/mol. The molecule has 2 aliphatic rings. The molecule has 0 saturated heterocycles. The molecule has 17 heavy (non-hydrogen) atoms. The number of hydrogen-bond acceptors (Lipinski definition) is 2. The lowest BCUT2D eigenvalue weighted by Gasteiger charge is -2.20. The number of allylic oxidation sites excluding steroid dienone is 1. The molecule has 2 heteroatoms. The van der Waals surface area contributed by atoms with Gasteiger partial charge in [-0.15, -0.1) is 0 Å². The molecule has 1 saturated carbocycles. The first-order chi connectivity index (χ1) is 7.98. The molecule has 1 aromatic rings. The second-order valence-electron chi connectivity index (χ2n) is 6.43. The van der Waals surface area contributed by atoms with Crippen LogP contribution in [0.25, 0.3) is 0 Å². The maximum Gasteiger partial charge on any atom is 0.0963 e. The summed E-state index contributed by atoms with van der Waals surface area (Å²) < 4.78 is 5.26. The van der Waals surface area contributed by atoms with Gasteiger partial charge in [0.1, 0.15) is 0 Å². The molecule has 0 unspecified atom stereocenters. The van der Waals surface area contributed by atoms with Gasteiger partial charge in [-0.05, 0) is 31.6 Å². The largest absolute Gasteiger partial charge is 0.472 e. The minimum absolute atomic E-state index is 0.295. The van der Waals surface area contributed by atoms with Crippen LogP contribution in [0, 0.1) is 11.3 Å². The SMILES string of the molecule is CC1=C2CC(C)(C)C[C@@H]2[C@@H](O)c2cocc2C1. The summed E-state index contributed by atoms with van der Waals surface area (Å²) in [6.45, 7) is 6.80. The molecule has 0 aliphatic heterocycles. The number of furan rings is 1. The van der Waals surface area contributed by atoms with E-state index < -0.39 is 0 Å². The van der Waals surface area contributed by atoms with Crippen LogP contribution in [-0.4, -0.2) is 5.11 Å². The molecule has 1 fully saturated rings. The maximum atomic E-state index is 10.6. The van der Waals surface area contributed by atoms with Crippen molar-refractivity contribution in [3.63, 3.8) is 0 Å². The van der Waals surface area contributed by atoms with Gasteiger partial charge in [0.2, 0.25) is 0 Å². The quantitative estimate of drug-likeness (QED) is 0.693. The van der Waals surface area contributed by atoms with Gasteiger partial charge in [-0.3, -0.25) is 0 Å².